The summed E-state index contributed by atoms with van der Waals surface area (Å²) in [6.07, 6.45) is 0.860. The molecule has 1 amide bonds. The molecule has 1 saturated heterocycles. The second-order valence-electron chi connectivity index (χ2n) is 8.39. The molecular weight excluding hydrogens is 444 g/mol. The largest absolute Gasteiger partial charge is 0.462 e. The number of nitrogens with zero attached hydrogens (tertiary/aromatic N) is 2. The predicted molar refractivity (Wildman–Crippen MR) is 123 cm³/mol. The number of rotatable bonds is 6. The Morgan fingerprint density at radius 2 is 1.85 bits per heavy atom. The number of anilines is 1. The van der Waals surface area contributed by atoms with Crippen molar-refractivity contribution in [3.8, 4) is 0 Å². The molecule has 2 aliphatic rings. The maximum atomic E-state index is 13.4. The summed E-state index contributed by atoms with van der Waals surface area (Å²) >= 11 is 0. The minimum absolute atomic E-state index is 0.0411. The first kappa shape index (κ1) is 23.3. The zero-order valence-corrected chi connectivity index (χ0v) is 19.7. The molecule has 3 atom stereocenters. The average molecular weight is 473 g/mol. The number of piperidine rings is 1. The molecule has 2 aromatic carbocycles. The zero-order chi connectivity index (χ0) is 23.8. The molecule has 0 radical (unpaired) electrons. The summed E-state index contributed by atoms with van der Waals surface area (Å²) in [6, 6.07) is 12.6. The number of esters is 1. The molecule has 0 N–H and O–H groups in total. The van der Waals surface area contributed by atoms with Crippen molar-refractivity contribution in [2.24, 2.45) is 5.92 Å². The van der Waals surface area contributed by atoms with E-state index in [2.05, 4.69) is 0 Å². The van der Waals surface area contributed by atoms with Crippen LogP contribution >= 0.6 is 0 Å². The van der Waals surface area contributed by atoms with Crippen LogP contribution in [0.4, 0.5) is 10.5 Å². The Morgan fingerprint density at radius 3 is 2.52 bits per heavy atom. The van der Waals surface area contributed by atoms with Gasteiger partial charge in [0.2, 0.25) is 10.0 Å². The van der Waals surface area contributed by atoms with Crippen LogP contribution in [0.1, 0.15) is 35.7 Å². The molecule has 3 unspecified atom stereocenters. The molecule has 9 heteroatoms. The standard InChI is InChI=1S/C24H28N2O6S/c1-4-32-23(27)17-6-5-7-19(14-17)26(24(28)31-3)22-18-10-13-21(22)25(15-18)33(29,30)20-11-8-16(2)9-12-20/h5-9,11-12,14,18,21-22H,4,10,13,15H2,1-3H3. The van der Waals surface area contributed by atoms with E-state index in [0.29, 0.717) is 24.2 Å². The number of hydrogen-bond acceptors (Lipinski definition) is 6. The van der Waals surface area contributed by atoms with Crippen molar-refractivity contribution < 1.29 is 27.5 Å². The summed E-state index contributed by atoms with van der Waals surface area (Å²) in [4.78, 5) is 26.9. The Kier molecular flexibility index (Phi) is 6.45. The molecule has 2 bridgehead atoms. The van der Waals surface area contributed by atoms with Gasteiger partial charge < -0.3 is 9.47 Å². The topological polar surface area (TPSA) is 93.2 Å². The number of benzene rings is 2. The van der Waals surface area contributed by atoms with Crippen molar-refractivity contribution in [2.45, 2.75) is 43.7 Å². The summed E-state index contributed by atoms with van der Waals surface area (Å²) < 4.78 is 38.5. The average Bonchev–Trinajstić information content (AvgIpc) is 3.38. The Labute approximate surface area is 194 Å². The minimum Gasteiger partial charge on any atom is -0.462 e. The Hall–Kier alpha value is -2.91. The fourth-order valence-electron chi connectivity index (χ4n) is 4.92. The Morgan fingerprint density at radius 1 is 1.12 bits per heavy atom. The number of carbonyl (C=O) groups is 2. The number of aryl methyl sites for hydroxylation is 1. The quantitative estimate of drug-likeness (QED) is 0.597. The highest BCUT2D eigenvalue weighted by molar-refractivity contribution is 7.89. The molecule has 4 rings (SSSR count). The number of methoxy groups -OCH3 is 1. The van der Waals surface area contributed by atoms with Gasteiger partial charge in [0.05, 0.1) is 30.2 Å². The van der Waals surface area contributed by atoms with Gasteiger partial charge in [0.25, 0.3) is 0 Å². The van der Waals surface area contributed by atoms with Crippen molar-refractivity contribution in [3.05, 3.63) is 59.7 Å². The van der Waals surface area contributed by atoms with E-state index in [1.165, 1.54) is 16.3 Å². The first-order chi connectivity index (χ1) is 15.8. The fraction of sp³-hybridized carbons (Fsp3) is 0.417. The lowest BCUT2D eigenvalue weighted by atomic mass is 10.0. The number of amides is 1. The van der Waals surface area contributed by atoms with Gasteiger partial charge in [-0.3, -0.25) is 4.90 Å². The number of sulfonamides is 1. The van der Waals surface area contributed by atoms with E-state index in [1.54, 1.807) is 55.5 Å². The zero-order valence-electron chi connectivity index (χ0n) is 18.9. The SMILES string of the molecule is CCOC(=O)c1cccc(N(C(=O)OC)C2C3CCC2N(S(=O)(=O)c2ccc(C)cc2)C3)c1. The molecule has 2 fully saturated rings. The van der Waals surface area contributed by atoms with Crippen molar-refractivity contribution in [2.75, 3.05) is 25.2 Å². The van der Waals surface area contributed by atoms with Crippen LogP contribution in [-0.2, 0) is 19.5 Å². The van der Waals surface area contributed by atoms with E-state index >= 15 is 0 Å². The number of carbonyl (C=O) groups excluding carboxylic acids is 2. The fourth-order valence-corrected chi connectivity index (χ4v) is 6.65. The summed E-state index contributed by atoms with van der Waals surface area (Å²) in [5, 5.41) is 0. The van der Waals surface area contributed by atoms with Gasteiger partial charge >= 0.3 is 12.1 Å². The molecule has 33 heavy (non-hydrogen) atoms. The van der Waals surface area contributed by atoms with Crippen LogP contribution < -0.4 is 4.90 Å². The van der Waals surface area contributed by atoms with E-state index < -0.39 is 28.1 Å². The van der Waals surface area contributed by atoms with Gasteiger partial charge in [-0.15, -0.1) is 0 Å². The third-order valence-corrected chi connectivity index (χ3v) is 8.33. The van der Waals surface area contributed by atoms with Gasteiger partial charge in [0.15, 0.2) is 0 Å². The lowest BCUT2D eigenvalue weighted by Gasteiger charge is -2.32. The van der Waals surface area contributed by atoms with Crippen LogP contribution in [0.3, 0.4) is 0 Å². The highest BCUT2D eigenvalue weighted by Crippen LogP contribution is 2.45. The van der Waals surface area contributed by atoms with Gasteiger partial charge in [0.1, 0.15) is 0 Å². The maximum absolute atomic E-state index is 13.4. The van der Waals surface area contributed by atoms with E-state index in [0.717, 1.165) is 12.0 Å². The van der Waals surface area contributed by atoms with Crippen LogP contribution in [0.15, 0.2) is 53.4 Å². The molecule has 8 nitrogen and oxygen atoms in total. The Bertz CT molecular complexity index is 1150. The van der Waals surface area contributed by atoms with Gasteiger partial charge in [-0.1, -0.05) is 23.8 Å². The third kappa shape index (κ3) is 4.22. The van der Waals surface area contributed by atoms with Crippen molar-refractivity contribution in [1.82, 2.24) is 4.31 Å². The van der Waals surface area contributed by atoms with Crippen molar-refractivity contribution in [1.29, 1.82) is 0 Å². The molecule has 1 aliphatic carbocycles. The van der Waals surface area contributed by atoms with E-state index in [9.17, 15) is 18.0 Å². The normalized spacial score (nSPS) is 22.2. The van der Waals surface area contributed by atoms with E-state index in [1.807, 2.05) is 6.92 Å². The molecule has 176 valence electrons. The van der Waals surface area contributed by atoms with Crippen LogP contribution in [0.5, 0.6) is 0 Å². The highest BCUT2D eigenvalue weighted by atomic mass is 32.2. The maximum Gasteiger partial charge on any atom is 0.414 e. The molecule has 1 heterocycles. The first-order valence-electron chi connectivity index (χ1n) is 11.0. The van der Waals surface area contributed by atoms with Crippen LogP contribution in [-0.4, -0.2) is 57.1 Å². The lowest BCUT2D eigenvalue weighted by Crippen LogP contribution is -2.48. The number of hydrogen-bond donors (Lipinski definition) is 0. The molecule has 1 aliphatic heterocycles. The number of ether oxygens (including phenoxy) is 2. The minimum atomic E-state index is -3.72. The lowest BCUT2D eigenvalue weighted by molar-refractivity contribution is 0.0526. The van der Waals surface area contributed by atoms with Gasteiger partial charge in [-0.2, -0.15) is 4.31 Å². The van der Waals surface area contributed by atoms with E-state index in [4.69, 9.17) is 9.47 Å². The van der Waals surface area contributed by atoms with Gasteiger partial charge in [-0.05, 0) is 62.9 Å². The van der Waals surface area contributed by atoms with Crippen LogP contribution in [0, 0.1) is 12.8 Å². The second kappa shape index (κ2) is 9.15. The Balaban J connectivity index is 1.69. The smallest absolute Gasteiger partial charge is 0.414 e. The third-order valence-electron chi connectivity index (χ3n) is 6.43. The predicted octanol–water partition coefficient (Wildman–Crippen LogP) is 3.60. The molecule has 2 aromatic rings. The van der Waals surface area contributed by atoms with Crippen molar-refractivity contribution >= 4 is 27.8 Å². The summed E-state index contributed by atoms with van der Waals surface area (Å²) in [7, 11) is -2.42. The van der Waals surface area contributed by atoms with Gasteiger partial charge in [-0.25, -0.2) is 18.0 Å². The summed E-state index contributed by atoms with van der Waals surface area (Å²) in [5.41, 5.74) is 1.77. The molecule has 0 spiro atoms. The first-order valence-corrected chi connectivity index (χ1v) is 12.4. The molecule has 1 saturated carbocycles. The molecular formula is C24H28N2O6S. The van der Waals surface area contributed by atoms with Crippen LogP contribution in [0.2, 0.25) is 0 Å². The second-order valence-corrected chi connectivity index (χ2v) is 10.3. The molecule has 0 aromatic heterocycles. The monoisotopic (exact) mass is 472 g/mol. The van der Waals surface area contributed by atoms with Crippen LogP contribution in [0.25, 0.3) is 0 Å². The number of fused-ring (bicyclic) bond motifs is 2. The van der Waals surface area contributed by atoms with Gasteiger partial charge in [0, 0.05) is 18.3 Å². The van der Waals surface area contributed by atoms with Crippen molar-refractivity contribution in [3.63, 3.8) is 0 Å². The summed E-state index contributed by atoms with van der Waals surface area (Å²) in [6.45, 7) is 4.20. The summed E-state index contributed by atoms with van der Waals surface area (Å²) in [5.74, 6) is -0.525. The highest BCUT2D eigenvalue weighted by Gasteiger charge is 2.55. The van der Waals surface area contributed by atoms with E-state index in [-0.39, 0.29) is 23.5 Å².